The van der Waals surface area contributed by atoms with E-state index in [0.29, 0.717) is 11.1 Å². The summed E-state index contributed by atoms with van der Waals surface area (Å²) in [7, 11) is 0. The molecule has 0 amide bonds. The van der Waals surface area contributed by atoms with E-state index in [1.807, 2.05) is 0 Å². The summed E-state index contributed by atoms with van der Waals surface area (Å²) < 4.78 is 5.64. The number of nitrogens with one attached hydrogen (secondary N) is 1. The Morgan fingerprint density at radius 1 is 1.12 bits per heavy atom. The van der Waals surface area contributed by atoms with Gasteiger partial charge in [0.2, 0.25) is 5.43 Å². The Balaban J connectivity index is 0.00000169. The van der Waals surface area contributed by atoms with E-state index in [-0.39, 0.29) is 57.6 Å². The molecule has 0 unspecified atom stereocenters. The van der Waals surface area contributed by atoms with Crippen molar-refractivity contribution in [2.45, 2.75) is 0 Å². The number of carboxylic acid groups (broad SMARTS) is 1. The summed E-state index contributed by atoms with van der Waals surface area (Å²) in [4.78, 5) is 42.4. The predicted molar refractivity (Wildman–Crippen MR) is 87.7 cm³/mol. The van der Waals surface area contributed by atoms with Crippen LogP contribution < -0.4 is 10.9 Å². The second kappa shape index (κ2) is 5.86. The van der Waals surface area contributed by atoms with Crippen LogP contribution >= 0.6 is 0 Å². The minimum atomic E-state index is -1.32. The van der Waals surface area contributed by atoms with E-state index < -0.39 is 16.8 Å². The predicted octanol–water partition coefficient (Wildman–Crippen LogP) is 1.45. The maximum absolute atomic E-state index is 12.3. The van der Waals surface area contributed by atoms with E-state index >= 15 is 0 Å². The molecule has 1 aliphatic heterocycles. The Morgan fingerprint density at radius 3 is 2.62 bits per heavy atom. The average Bonchev–Trinajstić information content (AvgIpc) is 2.53. The van der Waals surface area contributed by atoms with Gasteiger partial charge >= 0.3 is 5.97 Å². The third kappa shape index (κ3) is 2.43. The zero-order valence-corrected chi connectivity index (χ0v) is 14.5. The van der Waals surface area contributed by atoms with Gasteiger partial charge in [-0.05, 0) is 12.1 Å². The second-order valence-electron chi connectivity index (χ2n) is 5.01. The Kier molecular flexibility index (Phi) is 4.00. The van der Waals surface area contributed by atoms with E-state index in [9.17, 15) is 14.4 Å². The first-order valence-corrected chi connectivity index (χ1v) is 6.67. The van der Waals surface area contributed by atoms with Gasteiger partial charge in [0, 0.05) is 41.7 Å². The number of H-pyrrole nitrogens is 1. The third-order valence-corrected chi connectivity index (χ3v) is 3.56. The number of hydrogen-bond donors (Lipinski definition) is 2. The number of aromatic carboxylic acids is 1. The van der Waals surface area contributed by atoms with Gasteiger partial charge < -0.3 is 14.5 Å². The summed E-state index contributed by atoms with van der Waals surface area (Å²) in [5, 5.41) is 9.03. The van der Waals surface area contributed by atoms with E-state index in [1.54, 1.807) is 24.3 Å². The molecule has 0 atom stereocenters. The van der Waals surface area contributed by atoms with E-state index in [1.165, 1.54) is 6.07 Å². The van der Waals surface area contributed by atoms with E-state index in [4.69, 9.17) is 9.52 Å². The molecule has 2 aliphatic rings. The van der Waals surface area contributed by atoms with Crippen LogP contribution in [0.1, 0.15) is 10.5 Å². The molecule has 113 valence electrons. The number of carbonyl (C=O) groups is 1. The fraction of sp³-hybridized carbons (Fsp3) is 0. The quantitative estimate of drug-likeness (QED) is 0.310. The van der Waals surface area contributed by atoms with Gasteiger partial charge in [-0.2, -0.15) is 0 Å². The monoisotopic (exact) mass is 331 g/mol. The largest absolute Gasteiger partial charge is 0.477 e. The van der Waals surface area contributed by atoms with Gasteiger partial charge in [-0.25, -0.2) is 9.78 Å². The smallest absolute Gasteiger partial charge is 0.352 e. The van der Waals surface area contributed by atoms with Crippen LogP contribution in [0.15, 0.2) is 50.4 Å². The standard InChI is InChI=1S/C16H8N2O5.Na/c19-9-5-8(16(21)22)18-14-10(20)6-12-15(13(9)14)17-7-3-1-2-4-11(7)23-12;/h1-6H,(H,18,19)(H,21,22);. The number of benzene rings is 2. The molecule has 0 spiro atoms. The number of pyridine rings is 1. The maximum Gasteiger partial charge on any atom is 0.352 e. The molecule has 1 aliphatic carbocycles. The van der Waals surface area contributed by atoms with Gasteiger partial charge in [0.25, 0.3) is 0 Å². The minimum Gasteiger partial charge on any atom is -0.477 e. The molecule has 0 saturated heterocycles. The van der Waals surface area contributed by atoms with Crippen molar-refractivity contribution in [3.63, 3.8) is 0 Å². The summed E-state index contributed by atoms with van der Waals surface area (Å²) >= 11 is 0. The molecule has 4 rings (SSSR count). The van der Waals surface area contributed by atoms with Crippen molar-refractivity contribution in [3.8, 4) is 11.5 Å². The molecule has 1 aromatic carbocycles. The first kappa shape index (κ1) is 16.4. The Hall–Kier alpha value is -2.48. The van der Waals surface area contributed by atoms with Crippen LogP contribution in [-0.4, -0.2) is 50.6 Å². The molecule has 7 nitrogen and oxygen atoms in total. The second-order valence-corrected chi connectivity index (χ2v) is 5.01. The summed E-state index contributed by atoms with van der Waals surface area (Å²) in [5.41, 5.74) is -0.349. The zero-order valence-electron chi connectivity index (χ0n) is 12.5. The number of para-hydroxylation sites is 2. The zero-order chi connectivity index (χ0) is 16.1. The van der Waals surface area contributed by atoms with Gasteiger partial charge in [-0.15, -0.1) is 0 Å². The minimum absolute atomic E-state index is 0. The van der Waals surface area contributed by atoms with Crippen molar-refractivity contribution in [2.24, 2.45) is 0 Å². The SMILES string of the molecule is O=C(O)c1cc(=O)c2c3nc4ccccc4oc-3cc(=O)c2[nH]1.[Na]. The molecule has 1 aromatic heterocycles. The third-order valence-electron chi connectivity index (χ3n) is 3.56. The van der Waals surface area contributed by atoms with Crippen LogP contribution in [0.5, 0.6) is 0 Å². The number of aromatic nitrogens is 2. The first-order valence-electron chi connectivity index (χ1n) is 6.67. The van der Waals surface area contributed by atoms with Crippen LogP contribution in [0, 0.1) is 0 Å². The van der Waals surface area contributed by atoms with Crippen LogP contribution in [0.2, 0.25) is 0 Å². The van der Waals surface area contributed by atoms with Gasteiger partial charge in [-0.3, -0.25) is 9.59 Å². The van der Waals surface area contributed by atoms with E-state index in [0.717, 1.165) is 6.07 Å². The van der Waals surface area contributed by atoms with Gasteiger partial charge in [0.05, 0.1) is 5.39 Å². The fourth-order valence-electron chi connectivity index (χ4n) is 2.54. The summed E-state index contributed by atoms with van der Waals surface area (Å²) in [6.07, 6.45) is 0. The molecule has 2 heterocycles. The van der Waals surface area contributed by atoms with Crippen molar-refractivity contribution < 1.29 is 14.3 Å². The molecule has 1 radical (unpaired) electrons. The first-order chi connectivity index (χ1) is 11.0. The Bertz CT molecular complexity index is 1190. The van der Waals surface area contributed by atoms with Crippen LogP contribution in [0.4, 0.5) is 0 Å². The Morgan fingerprint density at radius 2 is 1.88 bits per heavy atom. The van der Waals surface area contributed by atoms with Gasteiger partial charge in [0.1, 0.15) is 22.4 Å². The maximum atomic E-state index is 12.3. The van der Waals surface area contributed by atoms with Gasteiger partial charge in [0.15, 0.2) is 16.8 Å². The molecule has 24 heavy (non-hydrogen) atoms. The Labute approximate surface area is 155 Å². The molecular formula is C16H8N2NaO5. The van der Waals surface area contributed by atoms with Gasteiger partial charge in [-0.1, -0.05) is 12.1 Å². The molecule has 0 bridgehead atoms. The van der Waals surface area contributed by atoms with Crippen LogP contribution in [-0.2, 0) is 0 Å². The summed E-state index contributed by atoms with van der Waals surface area (Å²) in [6.45, 7) is 0. The molecule has 2 N–H and O–H groups in total. The molecular weight excluding hydrogens is 323 g/mol. The van der Waals surface area contributed by atoms with Crippen LogP contribution in [0.3, 0.4) is 0 Å². The number of fused-ring (bicyclic) bond motifs is 4. The number of nitrogens with zero attached hydrogens (tertiary/aromatic N) is 1. The molecule has 2 aromatic rings. The number of hydrogen-bond acceptors (Lipinski definition) is 5. The number of rotatable bonds is 1. The topological polar surface area (TPSA) is 113 Å². The fourth-order valence-corrected chi connectivity index (χ4v) is 2.54. The van der Waals surface area contributed by atoms with Crippen molar-refractivity contribution >= 4 is 57.5 Å². The van der Waals surface area contributed by atoms with Crippen molar-refractivity contribution in [3.05, 3.63) is 62.5 Å². The average molecular weight is 331 g/mol. The number of aromatic amines is 1. The summed E-state index contributed by atoms with van der Waals surface area (Å²) in [5.74, 6) is -1.14. The van der Waals surface area contributed by atoms with Crippen molar-refractivity contribution in [2.75, 3.05) is 0 Å². The number of carboxylic acids is 1. The van der Waals surface area contributed by atoms with Crippen molar-refractivity contribution in [1.29, 1.82) is 0 Å². The molecule has 0 fully saturated rings. The molecule has 0 saturated carbocycles. The summed E-state index contributed by atoms with van der Waals surface area (Å²) in [6, 6.07) is 9.08. The van der Waals surface area contributed by atoms with E-state index in [2.05, 4.69) is 9.97 Å². The van der Waals surface area contributed by atoms with Crippen LogP contribution in [0.25, 0.3) is 33.5 Å². The molecule has 8 heteroatoms. The normalized spacial score (nSPS) is 10.8. The van der Waals surface area contributed by atoms with Crippen molar-refractivity contribution in [1.82, 2.24) is 9.97 Å².